The number of nitro groups is 1. The van der Waals surface area contributed by atoms with Crippen LogP contribution < -0.4 is 10.1 Å². The number of hydrogen-bond donors (Lipinski definition) is 1. The molecule has 0 aliphatic carbocycles. The van der Waals surface area contributed by atoms with E-state index < -0.39 is 4.92 Å². The van der Waals surface area contributed by atoms with Gasteiger partial charge >= 0.3 is 0 Å². The molecular weight excluding hydrogens is 248 g/mol. The number of methoxy groups -OCH3 is 1. The average Bonchev–Trinajstić information content (AvgIpc) is 2.45. The molecule has 0 spiro atoms. The Morgan fingerprint density at radius 3 is 3.00 bits per heavy atom. The van der Waals surface area contributed by atoms with E-state index in [0.717, 1.165) is 5.56 Å². The third-order valence-electron chi connectivity index (χ3n) is 2.41. The molecule has 1 heterocycles. The Hall–Kier alpha value is -2.70. The summed E-state index contributed by atoms with van der Waals surface area (Å²) in [6.07, 6.45) is 1.57. The molecule has 0 amide bonds. The molecule has 7 nitrogen and oxygen atoms in total. The van der Waals surface area contributed by atoms with E-state index in [1.165, 1.54) is 19.2 Å². The van der Waals surface area contributed by atoms with Crippen LogP contribution in [0.3, 0.4) is 0 Å². The van der Waals surface area contributed by atoms with Gasteiger partial charge in [0.25, 0.3) is 5.69 Å². The topological polar surface area (TPSA) is 90.2 Å². The summed E-state index contributed by atoms with van der Waals surface area (Å²) in [7, 11) is 1.52. The second-order valence-electron chi connectivity index (χ2n) is 3.70. The number of ether oxygens (including phenoxy) is 1. The lowest BCUT2D eigenvalue weighted by molar-refractivity contribution is -0.384. The first-order chi connectivity index (χ1) is 9.19. The minimum atomic E-state index is -0.425. The Kier molecular flexibility index (Phi) is 3.87. The van der Waals surface area contributed by atoms with E-state index in [1.807, 2.05) is 0 Å². The molecule has 2 rings (SSSR count). The summed E-state index contributed by atoms with van der Waals surface area (Å²) in [6, 6.07) is 8.03. The van der Waals surface area contributed by atoms with Crippen molar-refractivity contribution < 1.29 is 9.66 Å². The van der Waals surface area contributed by atoms with Crippen molar-refractivity contribution in [3.8, 4) is 5.88 Å². The molecule has 0 aliphatic heterocycles. The maximum Gasteiger partial charge on any atom is 0.269 e. The lowest BCUT2D eigenvalue weighted by Gasteiger charge is -2.05. The zero-order valence-electron chi connectivity index (χ0n) is 10.2. The first-order valence-electron chi connectivity index (χ1n) is 5.53. The highest BCUT2D eigenvalue weighted by molar-refractivity contribution is 5.36. The number of non-ortho nitro benzene ring substituents is 1. The van der Waals surface area contributed by atoms with Crippen LogP contribution in [-0.4, -0.2) is 22.0 Å². The van der Waals surface area contributed by atoms with E-state index in [-0.39, 0.29) is 5.69 Å². The number of benzene rings is 1. The molecule has 98 valence electrons. The normalized spacial score (nSPS) is 9.95. The van der Waals surface area contributed by atoms with Gasteiger partial charge in [0, 0.05) is 30.9 Å². The maximum absolute atomic E-state index is 10.7. The van der Waals surface area contributed by atoms with Gasteiger partial charge in [-0.3, -0.25) is 10.1 Å². The van der Waals surface area contributed by atoms with Crippen LogP contribution in [0.25, 0.3) is 0 Å². The summed E-state index contributed by atoms with van der Waals surface area (Å²) in [5.74, 6) is 0.863. The van der Waals surface area contributed by atoms with Gasteiger partial charge in [0.2, 0.25) is 11.8 Å². The van der Waals surface area contributed by atoms with Crippen molar-refractivity contribution in [2.75, 3.05) is 12.4 Å². The van der Waals surface area contributed by atoms with E-state index in [2.05, 4.69) is 15.3 Å². The highest BCUT2D eigenvalue weighted by Gasteiger charge is 2.06. The van der Waals surface area contributed by atoms with Crippen molar-refractivity contribution in [2.24, 2.45) is 0 Å². The fourth-order valence-electron chi connectivity index (χ4n) is 1.50. The Morgan fingerprint density at radius 2 is 2.26 bits per heavy atom. The molecule has 0 saturated carbocycles. The van der Waals surface area contributed by atoms with E-state index >= 15 is 0 Å². The van der Waals surface area contributed by atoms with Crippen LogP contribution in [-0.2, 0) is 6.54 Å². The molecule has 0 aliphatic rings. The van der Waals surface area contributed by atoms with Crippen LogP contribution in [0.15, 0.2) is 36.5 Å². The van der Waals surface area contributed by atoms with Crippen LogP contribution in [0, 0.1) is 10.1 Å². The average molecular weight is 260 g/mol. The van der Waals surface area contributed by atoms with Crippen molar-refractivity contribution >= 4 is 11.6 Å². The molecule has 0 fully saturated rings. The van der Waals surface area contributed by atoms with Gasteiger partial charge in [-0.1, -0.05) is 12.1 Å². The Balaban J connectivity index is 2.05. The van der Waals surface area contributed by atoms with Crippen LogP contribution in [0.1, 0.15) is 5.56 Å². The van der Waals surface area contributed by atoms with Gasteiger partial charge in [0.1, 0.15) is 0 Å². The first-order valence-corrected chi connectivity index (χ1v) is 5.53. The highest BCUT2D eigenvalue weighted by Crippen LogP contribution is 2.14. The zero-order valence-corrected chi connectivity index (χ0v) is 10.2. The second kappa shape index (κ2) is 5.76. The monoisotopic (exact) mass is 260 g/mol. The zero-order chi connectivity index (χ0) is 13.7. The van der Waals surface area contributed by atoms with Gasteiger partial charge in [-0.2, -0.15) is 4.98 Å². The van der Waals surface area contributed by atoms with Crippen molar-refractivity contribution in [2.45, 2.75) is 6.54 Å². The van der Waals surface area contributed by atoms with Gasteiger partial charge < -0.3 is 10.1 Å². The Labute approximate surface area is 109 Å². The van der Waals surface area contributed by atoms with Crippen molar-refractivity contribution in [3.63, 3.8) is 0 Å². The number of hydrogen-bond acceptors (Lipinski definition) is 6. The van der Waals surface area contributed by atoms with Crippen molar-refractivity contribution in [1.29, 1.82) is 0 Å². The smallest absolute Gasteiger partial charge is 0.269 e. The minimum Gasteiger partial charge on any atom is -0.481 e. The number of anilines is 1. The van der Waals surface area contributed by atoms with Crippen LogP contribution in [0.5, 0.6) is 5.88 Å². The van der Waals surface area contributed by atoms with Crippen molar-refractivity contribution in [3.05, 3.63) is 52.2 Å². The van der Waals surface area contributed by atoms with Crippen LogP contribution >= 0.6 is 0 Å². The van der Waals surface area contributed by atoms with Gasteiger partial charge in [-0.15, -0.1) is 0 Å². The molecule has 0 bridgehead atoms. The third kappa shape index (κ3) is 3.38. The molecule has 0 saturated heterocycles. The number of aromatic nitrogens is 2. The van der Waals surface area contributed by atoms with Gasteiger partial charge in [0.15, 0.2) is 0 Å². The second-order valence-corrected chi connectivity index (χ2v) is 3.70. The third-order valence-corrected chi connectivity index (χ3v) is 2.41. The lowest BCUT2D eigenvalue weighted by Crippen LogP contribution is -2.04. The van der Waals surface area contributed by atoms with E-state index in [0.29, 0.717) is 18.4 Å². The summed E-state index contributed by atoms with van der Waals surface area (Å²) in [5, 5.41) is 13.6. The predicted octanol–water partition coefficient (Wildman–Crippen LogP) is 2.01. The van der Waals surface area contributed by atoms with E-state index in [9.17, 15) is 10.1 Å². The summed E-state index contributed by atoms with van der Waals surface area (Å²) >= 11 is 0. The first kappa shape index (κ1) is 12.7. The lowest BCUT2D eigenvalue weighted by atomic mass is 10.2. The number of nitrogens with zero attached hydrogens (tertiary/aromatic N) is 3. The molecular formula is C12H12N4O3. The molecule has 7 heteroatoms. The highest BCUT2D eigenvalue weighted by atomic mass is 16.6. The molecule has 2 aromatic rings. The quantitative estimate of drug-likeness (QED) is 0.653. The molecule has 1 N–H and O–H groups in total. The molecule has 1 aromatic carbocycles. The minimum absolute atomic E-state index is 0.0610. The molecule has 0 unspecified atom stereocenters. The molecule has 19 heavy (non-hydrogen) atoms. The number of rotatable bonds is 5. The molecule has 1 aromatic heterocycles. The van der Waals surface area contributed by atoms with Crippen LogP contribution in [0.2, 0.25) is 0 Å². The maximum atomic E-state index is 10.7. The fraction of sp³-hybridized carbons (Fsp3) is 0.167. The fourth-order valence-corrected chi connectivity index (χ4v) is 1.50. The largest absolute Gasteiger partial charge is 0.481 e. The van der Waals surface area contributed by atoms with Gasteiger partial charge in [-0.05, 0) is 5.56 Å². The molecule has 0 atom stereocenters. The summed E-state index contributed by atoms with van der Waals surface area (Å²) in [6.45, 7) is 0.398. The van der Waals surface area contributed by atoms with E-state index in [1.54, 1.807) is 24.4 Å². The Bertz CT molecular complexity index is 589. The standard InChI is InChI=1S/C12H12N4O3/c1-19-11-5-6-13-12(15-11)14-8-9-3-2-4-10(7-9)16(17)18/h2-7H,8H2,1H3,(H,13,14,15). The number of nitro benzene ring substituents is 1. The summed E-state index contributed by atoms with van der Waals surface area (Å²) < 4.78 is 4.98. The van der Waals surface area contributed by atoms with Gasteiger partial charge in [-0.25, -0.2) is 4.98 Å². The predicted molar refractivity (Wildman–Crippen MR) is 69.0 cm³/mol. The molecule has 0 radical (unpaired) electrons. The summed E-state index contributed by atoms with van der Waals surface area (Å²) in [5.41, 5.74) is 0.839. The summed E-state index contributed by atoms with van der Waals surface area (Å²) in [4.78, 5) is 18.3. The van der Waals surface area contributed by atoms with E-state index in [4.69, 9.17) is 4.74 Å². The number of nitrogens with one attached hydrogen (secondary N) is 1. The van der Waals surface area contributed by atoms with Gasteiger partial charge in [0.05, 0.1) is 12.0 Å². The Morgan fingerprint density at radius 1 is 1.42 bits per heavy atom. The SMILES string of the molecule is COc1ccnc(NCc2cccc([N+](=O)[O-])c2)n1. The van der Waals surface area contributed by atoms with Crippen LogP contribution in [0.4, 0.5) is 11.6 Å². The van der Waals surface area contributed by atoms with Crippen molar-refractivity contribution in [1.82, 2.24) is 9.97 Å².